The first kappa shape index (κ1) is 29.0. The highest BCUT2D eigenvalue weighted by atomic mass is 19.4. The number of carboxylic acid groups (broad SMARTS) is 1. The van der Waals surface area contributed by atoms with E-state index in [1.165, 1.54) is 12.1 Å². The Morgan fingerprint density at radius 3 is 2.07 bits per heavy atom. The van der Waals surface area contributed by atoms with Crippen LogP contribution in [0.2, 0.25) is 0 Å². The first-order valence-electron chi connectivity index (χ1n) is 12.5. The fourth-order valence-corrected chi connectivity index (χ4v) is 4.01. The molecule has 10 heteroatoms. The average molecular weight is 566 g/mol. The first-order valence-corrected chi connectivity index (χ1v) is 12.5. The second-order valence-electron chi connectivity index (χ2n) is 9.19. The lowest BCUT2D eigenvalue weighted by molar-refractivity contribution is -0.274. The molecule has 4 rings (SSSR count). The number of carbonyl (C=O) groups excluding carboxylic acids is 1. The van der Waals surface area contributed by atoms with Gasteiger partial charge in [0.25, 0.3) is 5.91 Å². The van der Waals surface area contributed by atoms with Crippen molar-refractivity contribution in [2.75, 3.05) is 6.54 Å². The van der Waals surface area contributed by atoms with E-state index in [0.717, 1.165) is 28.8 Å². The maximum absolute atomic E-state index is 12.6. The zero-order valence-corrected chi connectivity index (χ0v) is 21.9. The Morgan fingerprint density at radius 2 is 1.46 bits per heavy atom. The molecule has 0 unspecified atom stereocenters. The second-order valence-corrected chi connectivity index (χ2v) is 9.19. The number of hydrogen-bond acceptors (Lipinski definition) is 5. The van der Waals surface area contributed by atoms with Crippen molar-refractivity contribution in [3.05, 3.63) is 102 Å². The number of amides is 1. The van der Waals surface area contributed by atoms with Crippen molar-refractivity contribution in [3.63, 3.8) is 0 Å². The molecule has 0 saturated carbocycles. The van der Waals surface area contributed by atoms with Crippen LogP contribution < -0.4 is 14.8 Å². The van der Waals surface area contributed by atoms with Crippen LogP contribution in [0, 0.1) is 6.92 Å². The van der Waals surface area contributed by atoms with E-state index >= 15 is 0 Å². The number of benzene rings is 4. The normalized spacial score (nSPS) is 11.1. The molecule has 0 aliphatic heterocycles. The van der Waals surface area contributed by atoms with E-state index in [2.05, 4.69) is 10.1 Å². The summed E-state index contributed by atoms with van der Waals surface area (Å²) in [6.07, 6.45) is -5.00. The molecule has 1 amide bonds. The summed E-state index contributed by atoms with van der Waals surface area (Å²) in [4.78, 5) is 22.9. The van der Waals surface area contributed by atoms with Crippen LogP contribution >= 0.6 is 0 Å². The maximum Gasteiger partial charge on any atom is 0.573 e. The zero-order chi connectivity index (χ0) is 29.6. The topological polar surface area (TPSA) is 105 Å². The number of aromatic hydroxyl groups is 1. The average Bonchev–Trinajstić information content (AvgIpc) is 2.92. The lowest BCUT2D eigenvalue weighted by Crippen LogP contribution is -2.25. The van der Waals surface area contributed by atoms with Crippen molar-refractivity contribution in [1.82, 2.24) is 5.32 Å². The summed E-state index contributed by atoms with van der Waals surface area (Å²) in [5, 5.41) is 22.1. The summed E-state index contributed by atoms with van der Waals surface area (Å²) in [5.41, 5.74) is 4.35. The van der Waals surface area contributed by atoms with Gasteiger partial charge < -0.3 is 25.0 Å². The minimum Gasteiger partial charge on any atom is -0.507 e. The Morgan fingerprint density at radius 1 is 0.854 bits per heavy atom. The summed E-state index contributed by atoms with van der Waals surface area (Å²) in [6.45, 7) is 2.08. The lowest BCUT2D eigenvalue weighted by atomic mass is 9.97. The minimum atomic E-state index is -4.82. The Hall–Kier alpha value is -4.99. The maximum atomic E-state index is 12.6. The highest BCUT2D eigenvalue weighted by Crippen LogP contribution is 2.41. The SMILES string of the molecule is Cc1ccc(-c2cc(O)c(-c3ccc(OC(F)(F)F)cc3)cc2OCc2ccc(C(=O)NCCC(=O)O)cc2)cc1. The van der Waals surface area contributed by atoms with E-state index in [1.54, 1.807) is 36.4 Å². The predicted octanol–water partition coefficient (Wildman–Crippen LogP) is 6.72. The number of carboxylic acids is 1. The third-order valence-electron chi connectivity index (χ3n) is 6.09. The molecule has 212 valence electrons. The van der Waals surface area contributed by atoms with E-state index in [-0.39, 0.29) is 31.1 Å². The quantitative estimate of drug-likeness (QED) is 0.197. The highest BCUT2D eigenvalue weighted by Gasteiger charge is 2.31. The van der Waals surface area contributed by atoms with E-state index in [4.69, 9.17) is 9.84 Å². The standard InChI is InChI=1S/C31H26F3NO6/c1-19-2-6-22(7-3-19)26-16-27(36)25(21-10-12-24(13-11-21)41-31(32,33)34)17-28(26)40-18-20-4-8-23(9-5-20)30(39)35-15-14-29(37)38/h2-13,16-17,36H,14-15,18H2,1H3,(H,35,39)(H,37,38). The van der Waals surface area contributed by atoms with Gasteiger partial charge in [-0.2, -0.15) is 0 Å². The molecule has 7 nitrogen and oxygen atoms in total. The predicted molar refractivity (Wildman–Crippen MR) is 146 cm³/mol. The Labute approximate surface area is 233 Å². The number of rotatable bonds is 10. The van der Waals surface area contributed by atoms with Crippen LogP contribution in [0.5, 0.6) is 17.2 Å². The van der Waals surface area contributed by atoms with Crippen LogP contribution in [0.15, 0.2) is 84.9 Å². The van der Waals surface area contributed by atoms with Gasteiger partial charge in [0.1, 0.15) is 23.9 Å². The number of alkyl halides is 3. The third kappa shape index (κ3) is 8.01. The van der Waals surface area contributed by atoms with E-state index < -0.39 is 18.2 Å². The Kier molecular flexibility index (Phi) is 8.81. The number of carbonyl (C=O) groups is 2. The zero-order valence-electron chi connectivity index (χ0n) is 21.9. The monoisotopic (exact) mass is 565 g/mol. The summed E-state index contributed by atoms with van der Waals surface area (Å²) in [7, 11) is 0. The van der Waals surface area contributed by atoms with Gasteiger partial charge in [0.15, 0.2) is 0 Å². The second kappa shape index (κ2) is 12.5. The number of halogens is 3. The van der Waals surface area contributed by atoms with Gasteiger partial charge in [-0.1, -0.05) is 54.1 Å². The van der Waals surface area contributed by atoms with Crippen molar-refractivity contribution in [1.29, 1.82) is 0 Å². The van der Waals surface area contributed by atoms with Crippen molar-refractivity contribution >= 4 is 11.9 Å². The Bertz CT molecular complexity index is 1520. The molecule has 0 bridgehead atoms. The molecular formula is C31H26F3NO6. The van der Waals surface area contributed by atoms with Crippen molar-refractivity contribution in [2.24, 2.45) is 0 Å². The summed E-state index contributed by atoms with van der Waals surface area (Å²) in [6, 6.07) is 22.5. The number of phenols is 1. The number of ether oxygens (including phenoxy) is 2. The van der Waals surface area contributed by atoms with Crippen LogP contribution in [0.4, 0.5) is 13.2 Å². The smallest absolute Gasteiger partial charge is 0.507 e. The molecule has 0 fully saturated rings. The molecule has 0 saturated heterocycles. The molecule has 0 aliphatic rings. The molecular weight excluding hydrogens is 539 g/mol. The van der Waals surface area contributed by atoms with E-state index in [9.17, 15) is 27.9 Å². The molecule has 0 atom stereocenters. The largest absolute Gasteiger partial charge is 0.573 e. The van der Waals surface area contributed by atoms with Gasteiger partial charge in [0, 0.05) is 23.2 Å². The molecule has 0 aliphatic carbocycles. The fraction of sp³-hybridized carbons (Fsp3) is 0.161. The highest BCUT2D eigenvalue weighted by molar-refractivity contribution is 5.94. The number of phenolic OH excluding ortho intramolecular Hbond substituents is 1. The number of hydrogen-bond donors (Lipinski definition) is 3. The molecule has 0 radical (unpaired) electrons. The third-order valence-corrected chi connectivity index (χ3v) is 6.09. The van der Waals surface area contributed by atoms with Gasteiger partial charge in [-0.3, -0.25) is 9.59 Å². The summed E-state index contributed by atoms with van der Waals surface area (Å²) < 4.78 is 47.8. The Balaban J connectivity index is 1.58. The van der Waals surface area contributed by atoms with Gasteiger partial charge in [-0.25, -0.2) is 0 Å². The minimum absolute atomic E-state index is 0.0160. The van der Waals surface area contributed by atoms with Gasteiger partial charge >= 0.3 is 12.3 Å². The molecule has 3 N–H and O–H groups in total. The lowest BCUT2D eigenvalue weighted by Gasteiger charge is -2.16. The van der Waals surface area contributed by atoms with E-state index in [0.29, 0.717) is 28.0 Å². The molecule has 0 heterocycles. The molecule has 4 aromatic carbocycles. The molecule has 0 aromatic heterocycles. The molecule has 41 heavy (non-hydrogen) atoms. The van der Waals surface area contributed by atoms with Gasteiger partial charge in [0.05, 0.1) is 6.42 Å². The van der Waals surface area contributed by atoms with Crippen LogP contribution in [-0.4, -0.2) is 35.0 Å². The van der Waals surface area contributed by atoms with E-state index in [1.807, 2.05) is 31.2 Å². The fourth-order valence-electron chi connectivity index (χ4n) is 4.01. The first-order chi connectivity index (χ1) is 19.5. The molecule has 4 aromatic rings. The van der Waals surface area contributed by atoms with Gasteiger partial charge in [-0.05, 0) is 60.0 Å². The van der Waals surface area contributed by atoms with Crippen molar-refractivity contribution < 1.29 is 42.4 Å². The van der Waals surface area contributed by atoms with Crippen LogP contribution in [0.3, 0.4) is 0 Å². The van der Waals surface area contributed by atoms with Crippen LogP contribution in [0.25, 0.3) is 22.3 Å². The van der Waals surface area contributed by atoms with Gasteiger partial charge in [-0.15, -0.1) is 13.2 Å². The summed E-state index contributed by atoms with van der Waals surface area (Å²) >= 11 is 0. The van der Waals surface area contributed by atoms with Crippen molar-refractivity contribution in [3.8, 4) is 39.5 Å². The van der Waals surface area contributed by atoms with Crippen LogP contribution in [0.1, 0.15) is 27.9 Å². The van der Waals surface area contributed by atoms with Crippen LogP contribution in [-0.2, 0) is 11.4 Å². The number of aryl methyl sites for hydroxylation is 1. The summed E-state index contributed by atoms with van der Waals surface area (Å²) in [5.74, 6) is -1.45. The molecule has 0 spiro atoms. The number of nitrogens with one attached hydrogen (secondary N) is 1. The van der Waals surface area contributed by atoms with Crippen molar-refractivity contribution in [2.45, 2.75) is 26.3 Å². The number of aliphatic carboxylic acids is 1. The van der Waals surface area contributed by atoms with Gasteiger partial charge in [0.2, 0.25) is 0 Å².